The van der Waals surface area contributed by atoms with Gasteiger partial charge in [0.05, 0.1) is 0 Å². The van der Waals surface area contributed by atoms with Crippen LogP contribution >= 0.6 is 0 Å². The van der Waals surface area contributed by atoms with Crippen molar-refractivity contribution in [2.45, 2.75) is 19.5 Å². The molecule has 2 N–H and O–H groups in total. The van der Waals surface area contributed by atoms with E-state index in [-0.39, 0.29) is 18.9 Å². The Morgan fingerprint density at radius 2 is 2.18 bits per heavy atom. The lowest BCUT2D eigenvalue weighted by Crippen LogP contribution is -2.26. The lowest BCUT2D eigenvalue weighted by Gasteiger charge is -2.02. The van der Waals surface area contributed by atoms with Crippen molar-refractivity contribution in [2.24, 2.45) is 0 Å². The highest BCUT2D eigenvalue weighted by Gasteiger charge is 2.14. The number of hydrogen-bond acceptors (Lipinski definition) is 2. The first-order valence-electron chi connectivity index (χ1n) is 3.15. The molecule has 0 aliphatic carbocycles. The van der Waals surface area contributed by atoms with E-state index in [0.29, 0.717) is 0 Å². The topological polar surface area (TPSA) is 66.4 Å². The van der Waals surface area contributed by atoms with Gasteiger partial charge >= 0.3 is 5.97 Å². The van der Waals surface area contributed by atoms with Crippen molar-refractivity contribution in [2.75, 3.05) is 6.54 Å². The van der Waals surface area contributed by atoms with Crippen LogP contribution in [0, 0.1) is 0 Å². The molecule has 0 radical (unpaired) electrons. The molecular formula is C6H10FNO3. The Hall–Kier alpha value is -1.13. The number of carboxylic acid groups (broad SMARTS) is 1. The van der Waals surface area contributed by atoms with E-state index in [1.807, 2.05) is 0 Å². The van der Waals surface area contributed by atoms with Gasteiger partial charge in [-0.15, -0.1) is 0 Å². The maximum absolute atomic E-state index is 12.2. The fourth-order valence-electron chi connectivity index (χ4n) is 0.498. The minimum Gasteiger partial charge on any atom is -0.479 e. The molecule has 0 aromatic carbocycles. The molecule has 0 fully saturated rings. The van der Waals surface area contributed by atoms with Crippen molar-refractivity contribution < 1.29 is 19.1 Å². The fraction of sp³-hybridized carbons (Fsp3) is 0.667. The van der Waals surface area contributed by atoms with Crippen LogP contribution in [0.5, 0.6) is 0 Å². The Kier molecular flexibility index (Phi) is 4.17. The van der Waals surface area contributed by atoms with E-state index in [9.17, 15) is 14.0 Å². The van der Waals surface area contributed by atoms with Gasteiger partial charge in [-0.25, -0.2) is 9.18 Å². The first-order chi connectivity index (χ1) is 5.04. The van der Waals surface area contributed by atoms with E-state index in [1.54, 1.807) is 0 Å². The molecule has 1 unspecified atom stereocenters. The number of aliphatic carboxylic acids is 1. The zero-order chi connectivity index (χ0) is 8.85. The molecule has 0 aromatic heterocycles. The van der Waals surface area contributed by atoms with Crippen LogP contribution in [0.3, 0.4) is 0 Å². The highest BCUT2D eigenvalue weighted by Crippen LogP contribution is 1.95. The van der Waals surface area contributed by atoms with Crippen molar-refractivity contribution in [3.05, 3.63) is 0 Å². The van der Waals surface area contributed by atoms with Crippen molar-refractivity contribution in [1.29, 1.82) is 0 Å². The quantitative estimate of drug-likeness (QED) is 0.609. The number of nitrogens with one attached hydrogen (secondary N) is 1. The fourth-order valence-corrected chi connectivity index (χ4v) is 0.498. The second-order valence-electron chi connectivity index (χ2n) is 2.08. The van der Waals surface area contributed by atoms with Crippen molar-refractivity contribution in [1.82, 2.24) is 5.32 Å². The van der Waals surface area contributed by atoms with Gasteiger partial charge in [0.1, 0.15) is 0 Å². The van der Waals surface area contributed by atoms with Crippen molar-refractivity contribution in [3.63, 3.8) is 0 Å². The summed E-state index contributed by atoms with van der Waals surface area (Å²) in [6, 6.07) is 0. The number of carboxylic acids is 1. The summed E-state index contributed by atoms with van der Waals surface area (Å²) in [4.78, 5) is 20.1. The highest BCUT2D eigenvalue weighted by molar-refractivity contribution is 5.73. The first-order valence-corrected chi connectivity index (χ1v) is 3.15. The number of rotatable bonds is 4. The van der Waals surface area contributed by atoms with Crippen LogP contribution < -0.4 is 5.32 Å². The molecule has 0 rings (SSSR count). The maximum Gasteiger partial charge on any atom is 0.338 e. The van der Waals surface area contributed by atoms with E-state index in [0.717, 1.165) is 0 Å². The normalized spacial score (nSPS) is 12.2. The molecule has 4 nitrogen and oxygen atoms in total. The monoisotopic (exact) mass is 163 g/mol. The van der Waals surface area contributed by atoms with Gasteiger partial charge in [0, 0.05) is 19.9 Å². The van der Waals surface area contributed by atoms with Gasteiger partial charge < -0.3 is 10.4 Å². The Bertz CT molecular complexity index is 160. The van der Waals surface area contributed by atoms with Crippen LogP contribution in [0.15, 0.2) is 0 Å². The van der Waals surface area contributed by atoms with Crippen molar-refractivity contribution >= 4 is 11.9 Å². The molecule has 0 aromatic rings. The van der Waals surface area contributed by atoms with Crippen LogP contribution in [0.2, 0.25) is 0 Å². The van der Waals surface area contributed by atoms with E-state index < -0.39 is 12.1 Å². The highest BCUT2D eigenvalue weighted by atomic mass is 19.1. The van der Waals surface area contributed by atoms with Gasteiger partial charge in [-0.05, 0) is 0 Å². The van der Waals surface area contributed by atoms with Crippen LogP contribution in [0.4, 0.5) is 4.39 Å². The molecule has 0 aliphatic rings. The van der Waals surface area contributed by atoms with Gasteiger partial charge in [-0.2, -0.15) is 0 Å². The van der Waals surface area contributed by atoms with E-state index in [2.05, 4.69) is 5.32 Å². The van der Waals surface area contributed by atoms with E-state index in [1.165, 1.54) is 6.92 Å². The summed E-state index contributed by atoms with van der Waals surface area (Å²) in [7, 11) is 0. The largest absolute Gasteiger partial charge is 0.479 e. The van der Waals surface area contributed by atoms with Crippen LogP contribution in [-0.2, 0) is 9.59 Å². The lowest BCUT2D eigenvalue weighted by atomic mass is 10.3. The smallest absolute Gasteiger partial charge is 0.338 e. The van der Waals surface area contributed by atoms with E-state index in [4.69, 9.17) is 5.11 Å². The predicted octanol–water partition coefficient (Wildman–Crippen LogP) is -0.0647. The number of amides is 1. The molecule has 11 heavy (non-hydrogen) atoms. The van der Waals surface area contributed by atoms with Crippen LogP contribution in [-0.4, -0.2) is 29.7 Å². The number of alkyl halides is 1. The Morgan fingerprint density at radius 1 is 1.64 bits per heavy atom. The summed E-state index contributed by atoms with van der Waals surface area (Å²) < 4.78 is 12.2. The predicted molar refractivity (Wildman–Crippen MR) is 35.8 cm³/mol. The second kappa shape index (κ2) is 4.65. The van der Waals surface area contributed by atoms with Crippen LogP contribution in [0.25, 0.3) is 0 Å². The van der Waals surface area contributed by atoms with Crippen molar-refractivity contribution in [3.8, 4) is 0 Å². The van der Waals surface area contributed by atoms with Gasteiger partial charge in [0.2, 0.25) is 5.91 Å². The number of hydrogen-bond donors (Lipinski definition) is 2. The third-order valence-electron chi connectivity index (χ3n) is 1.04. The summed E-state index contributed by atoms with van der Waals surface area (Å²) in [5, 5.41) is 10.3. The Morgan fingerprint density at radius 3 is 2.55 bits per heavy atom. The first kappa shape index (κ1) is 9.87. The standard InChI is InChI=1S/C6H10FNO3/c1-4(9)8-3-2-5(7)6(10)11/h5H,2-3H2,1H3,(H,8,9)(H,10,11). The summed E-state index contributed by atoms with van der Waals surface area (Å²) in [5.41, 5.74) is 0. The number of halogens is 1. The molecular weight excluding hydrogens is 153 g/mol. The van der Waals surface area contributed by atoms with Gasteiger partial charge in [0.15, 0.2) is 6.17 Å². The third-order valence-corrected chi connectivity index (χ3v) is 1.04. The minimum atomic E-state index is -1.89. The van der Waals surface area contributed by atoms with Crippen LogP contribution in [0.1, 0.15) is 13.3 Å². The van der Waals surface area contributed by atoms with Gasteiger partial charge in [-0.3, -0.25) is 4.79 Å². The SMILES string of the molecule is CC(=O)NCCC(F)C(=O)O. The summed E-state index contributed by atoms with van der Waals surface area (Å²) in [6.07, 6.45) is -2.07. The van der Waals surface area contributed by atoms with Gasteiger partial charge in [-0.1, -0.05) is 0 Å². The molecule has 1 amide bonds. The molecule has 1 atom stereocenters. The van der Waals surface area contributed by atoms with E-state index >= 15 is 0 Å². The molecule has 0 saturated carbocycles. The summed E-state index contributed by atoms with van der Waals surface area (Å²) in [6.45, 7) is 1.34. The molecule has 5 heteroatoms. The molecule has 0 saturated heterocycles. The Balaban J connectivity index is 3.39. The third kappa shape index (κ3) is 5.32. The molecule has 0 bridgehead atoms. The molecule has 0 spiro atoms. The van der Waals surface area contributed by atoms with Gasteiger partial charge in [0.25, 0.3) is 0 Å². The minimum absolute atomic E-state index is 0.0583. The molecule has 0 aliphatic heterocycles. The average Bonchev–Trinajstić information content (AvgIpc) is 1.86. The lowest BCUT2D eigenvalue weighted by molar-refractivity contribution is -0.143. The second-order valence-corrected chi connectivity index (χ2v) is 2.08. The maximum atomic E-state index is 12.2. The molecule has 0 heterocycles. The summed E-state index contributed by atoms with van der Waals surface area (Å²) in [5.74, 6) is -1.78. The zero-order valence-corrected chi connectivity index (χ0v) is 6.13. The number of carbonyl (C=O) groups excluding carboxylic acids is 1. The number of carbonyl (C=O) groups is 2. The molecule has 64 valence electrons. The average molecular weight is 163 g/mol. The zero-order valence-electron chi connectivity index (χ0n) is 6.13. The summed E-state index contributed by atoms with van der Waals surface area (Å²) >= 11 is 0. The Labute approximate surface area is 63.4 Å².